The minimum Gasteiger partial charge on any atom is -1.00 e. The molecular formula is C29H36BrN3O2. The molecule has 4 rings (SSSR count). The van der Waals surface area contributed by atoms with Gasteiger partial charge in [0.2, 0.25) is 5.91 Å². The van der Waals surface area contributed by atoms with E-state index in [1.165, 1.54) is 0 Å². The van der Waals surface area contributed by atoms with Crippen LogP contribution in [-0.4, -0.2) is 16.3 Å². The van der Waals surface area contributed by atoms with Crippen molar-refractivity contribution in [2.75, 3.05) is 0 Å². The van der Waals surface area contributed by atoms with Crippen LogP contribution >= 0.6 is 0 Å². The zero-order valence-corrected chi connectivity index (χ0v) is 22.7. The zero-order chi connectivity index (χ0) is 24.5. The standard InChI is InChI=1S/C29H35N3O2.BrH/c1-21-31(20-26(33)28(2,3)4)17-18-32(21)25-16-15-24(19-25)29(27(30)34,22-11-7-5-8-12-22)23-13-9-6-10-14-23;/h5-14,17-18,24-25H,15-16,19-20H2,1-4H3,(H-,30,34);1H/t24-,25+;/m0./s1. The van der Waals surface area contributed by atoms with Gasteiger partial charge in [-0.15, -0.1) is 0 Å². The highest BCUT2D eigenvalue weighted by atomic mass is 79.9. The van der Waals surface area contributed by atoms with Gasteiger partial charge < -0.3 is 22.7 Å². The molecule has 1 heterocycles. The number of aromatic nitrogens is 2. The molecule has 6 heteroatoms. The smallest absolute Gasteiger partial charge is 0.253 e. The van der Waals surface area contributed by atoms with Crippen LogP contribution in [0.25, 0.3) is 0 Å². The van der Waals surface area contributed by atoms with Crippen LogP contribution in [0.1, 0.15) is 63.0 Å². The number of nitrogens with zero attached hydrogens (tertiary/aromatic N) is 2. The molecule has 0 unspecified atom stereocenters. The largest absolute Gasteiger partial charge is 1.00 e. The van der Waals surface area contributed by atoms with Gasteiger partial charge in [-0.2, -0.15) is 0 Å². The minimum absolute atomic E-state index is 0. The lowest BCUT2D eigenvalue weighted by molar-refractivity contribution is -0.690. The van der Waals surface area contributed by atoms with Gasteiger partial charge in [-0.1, -0.05) is 81.4 Å². The van der Waals surface area contributed by atoms with Crippen LogP contribution in [0.3, 0.4) is 0 Å². The van der Waals surface area contributed by atoms with Gasteiger partial charge >= 0.3 is 0 Å². The van der Waals surface area contributed by atoms with Crippen molar-refractivity contribution in [2.45, 2.75) is 65.0 Å². The van der Waals surface area contributed by atoms with E-state index in [2.05, 4.69) is 17.7 Å². The molecule has 2 atom stereocenters. The number of Topliss-reactive ketones (excluding diaryl/α,β-unsaturated/α-hetero) is 1. The van der Waals surface area contributed by atoms with Crippen molar-refractivity contribution in [1.29, 1.82) is 0 Å². The van der Waals surface area contributed by atoms with E-state index in [4.69, 9.17) is 5.73 Å². The Bertz CT molecular complexity index is 1130. The van der Waals surface area contributed by atoms with Gasteiger partial charge in [0.1, 0.15) is 30.4 Å². The van der Waals surface area contributed by atoms with E-state index in [1.807, 2.05) is 92.2 Å². The first-order chi connectivity index (χ1) is 16.2. The van der Waals surface area contributed by atoms with Crippen molar-refractivity contribution in [3.63, 3.8) is 0 Å². The zero-order valence-electron chi connectivity index (χ0n) is 21.1. The molecule has 1 aliphatic rings. The van der Waals surface area contributed by atoms with Crippen molar-refractivity contribution in [2.24, 2.45) is 17.1 Å². The van der Waals surface area contributed by atoms with Crippen LogP contribution in [0.15, 0.2) is 73.1 Å². The lowest BCUT2D eigenvalue weighted by Crippen LogP contribution is -3.00. The number of nitrogens with two attached hydrogens (primary N) is 1. The Morgan fingerprint density at radius 2 is 1.51 bits per heavy atom. The molecule has 1 aromatic heterocycles. The highest BCUT2D eigenvalue weighted by Crippen LogP contribution is 2.49. The number of carbonyl (C=O) groups excluding carboxylic acids is 2. The molecule has 0 saturated heterocycles. The number of primary amides is 1. The van der Waals surface area contributed by atoms with Gasteiger partial charge in [0.15, 0.2) is 5.78 Å². The maximum absolute atomic E-state index is 13.3. The van der Waals surface area contributed by atoms with Crippen molar-refractivity contribution in [1.82, 2.24) is 4.57 Å². The summed E-state index contributed by atoms with van der Waals surface area (Å²) in [6.07, 6.45) is 6.78. The Morgan fingerprint density at radius 1 is 0.971 bits per heavy atom. The number of halogens is 1. The number of rotatable bonds is 7. The second kappa shape index (κ2) is 10.5. The number of amides is 1. The monoisotopic (exact) mass is 537 g/mol. The molecule has 35 heavy (non-hydrogen) atoms. The van der Waals surface area contributed by atoms with Gasteiger partial charge in [0.05, 0.1) is 0 Å². The van der Waals surface area contributed by atoms with Crippen LogP contribution in [0.4, 0.5) is 0 Å². The highest BCUT2D eigenvalue weighted by molar-refractivity contribution is 5.91. The first-order valence-electron chi connectivity index (χ1n) is 12.2. The van der Waals surface area contributed by atoms with Crippen molar-refractivity contribution in [3.8, 4) is 0 Å². The molecule has 1 amide bonds. The van der Waals surface area contributed by atoms with E-state index < -0.39 is 5.41 Å². The average Bonchev–Trinajstić information content (AvgIpc) is 3.42. The Labute approximate surface area is 219 Å². The third kappa shape index (κ3) is 4.99. The molecule has 5 nitrogen and oxygen atoms in total. The topological polar surface area (TPSA) is 69.0 Å². The van der Waals surface area contributed by atoms with Gasteiger partial charge in [0, 0.05) is 12.3 Å². The van der Waals surface area contributed by atoms with Crippen LogP contribution in [0.2, 0.25) is 0 Å². The highest BCUT2D eigenvalue weighted by Gasteiger charge is 2.51. The Kier molecular flexibility index (Phi) is 8.05. The predicted octanol–water partition coefficient (Wildman–Crippen LogP) is 1.52. The second-order valence-electron chi connectivity index (χ2n) is 10.6. The number of ketones is 1. The SMILES string of the molecule is Cc1n([C@@H]2CC[C@H](C(C(N)=O)(c3ccccc3)c3ccccc3)C2)cc[n+]1CC(=O)C(C)(C)C.[Br-]. The summed E-state index contributed by atoms with van der Waals surface area (Å²) >= 11 is 0. The van der Waals surface area contributed by atoms with Gasteiger partial charge in [-0.3, -0.25) is 9.59 Å². The molecule has 186 valence electrons. The molecule has 3 aromatic rings. The molecule has 2 aromatic carbocycles. The molecule has 1 aliphatic carbocycles. The molecule has 1 fully saturated rings. The fourth-order valence-corrected chi connectivity index (χ4v) is 5.59. The molecule has 2 N–H and O–H groups in total. The van der Waals surface area contributed by atoms with E-state index in [9.17, 15) is 9.59 Å². The van der Waals surface area contributed by atoms with E-state index in [1.54, 1.807) is 0 Å². The van der Waals surface area contributed by atoms with Crippen molar-refractivity contribution >= 4 is 11.7 Å². The Morgan fingerprint density at radius 3 is 2.00 bits per heavy atom. The fraction of sp³-hybridized carbons (Fsp3) is 0.414. The molecular weight excluding hydrogens is 502 g/mol. The van der Waals surface area contributed by atoms with Crippen LogP contribution in [-0.2, 0) is 21.5 Å². The number of hydrogen-bond acceptors (Lipinski definition) is 2. The summed E-state index contributed by atoms with van der Waals surface area (Å²) in [5, 5.41) is 0. The van der Waals surface area contributed by atoms with E-state index >= 15 is 0 Å². The third-order valence-corrected chi connectivity index (χ3v) is 7.60. The number of carbonyl (C=O) groups is 2. The summed E-state index contributed by atoms with van der Waals surface area (Å²) in [6.45, 7) is 8.32. The molecule has 0 spiro atoms. The van der Waals surface area contributed by atoms with Gasteiger partial charge in [-0.25, -0.2) is 9.13 Å². The van der Waals surface area contributed by atoms with Crippen LogP contribution in [0.5, 0.6) is 0 Å². The molecule has 1 saturated carbocycles. The maximum Gasteiger partial charge on any atom is 0.253 e. The fourth-order valence-electron chi connectivity index (χ4n) is 5.59. The number of imidazole rings is 1. The quantitative estimate of drug-likeness (QED) is 0.464. The van der Waals surface area contributed by atoms with E-state index in [0.29, 0.717) is 6.54 Å². The Hall–Kier alpha value is -2.73. The molecule has 0 radical (unpaired) electrons. The van der Waals surface area contributed by atoms with Crippen LogP contribution in [0, 0.1) is 18.3 Å². The van der Waals surface area contributed by atoms with E-state index in [-0.39, 0.29) is 46.0 Å². The summed E-state index contributed by atoms with van der Waals surface area (Å²) in [7, 11) is 0. The average molecular weight is 539 g/mol. The lowest BCUT2D eigenvalue weighted by atomic mass is 9.64. The summed E-state index contributed by atoms with van der Waals surface area (Å²) in [6, 6.07) is 20.2. The molecule has 0 aliphatic heterocycles. The first kappa shape index (κ1) is 26.9. The van der Waals surface area contributed by atoms with Gasteiger partial charge in [-0.05, 0) is 36.3 Å². The summed E-state index contributed by atoms with van der Waals surface area (Å²) < 4.78 is 4.31. The van der Waals surface area contributed by atoms with E-state index in [0.717, 1.165) is 36.2 Å². The summed E-state index contributed by atoms with van der Waals surface area (Å²) in [4.78, 5) is 25.9. The summed E-state index contributed by atoms with van der Waals surface area (Å²) in [5.74, 6) is 1.05. The predicted molar refractivity (Wildman–Crippen MR) is 133 cm³/mol. The van der Waals surface area contributed by atoms with Crippen LogP contribution < -0.4 is 27.3 Å². The molecule has 0 bridgehead atoms. The summed E-state index contributed by atoms with van der Waals surface area (Å²) in [5.41, 5.74) is 6.90. The number of benzene rings is 2. The van der Waals surface area contributed by atoms with Crippen molar-refractivity contribution in [3.05, 3.63) is 90.0 Å². The number of hydrogen-bond donors (Lipinski definition) is 1. The first-order valence-corrected chi connectivity index (χ1v) is 12.2. The third-order valence-electron chi connectivity index (χ3n) is 7.60. The second-order valence-corrected chi connectivity index (χ2v) is 10.6. The van der Waals surface area contributed by atoms with Crippen molar-refractivity contribution < 1.29 is 31.1 Å². The van der Waals surface area contributed by atoms with Gasteiger partial charge in [0.25, 0.3) is 5.82 Å². The Balaban J connectivity index is 0.00000342. The maximum atomic E-state index is 13.3. The lowest BCUT2D eigenvalue weighted by Gasteiger charge is -2.37. The normalized spacial score (nSPS) is 18.2. The minimum atomic E-state index is -0.878.